The van der Waals surface area contributed by atoms with Crippen LogP contribution in [-0.4, -0.2) is 12.5 Å². The van der Waals surface area contributed by atoms with E-state index in [0.717, 1.165) is 15.5 Å². The maximum Gasteiger partial charge on any atom is 0.267 e. The second-order valence-corrected chi connectivity index (χ2v) is 7.26. The molecular weight excluding hydrogens is 378 g/mol. The number of carbonyl (C=O) groups is 1. The largest absolute Gasteiger partial charge is 0.347 e. The Labute approximate surface area is 175 Å². The van der Waals surface area contributed by atoms with E-state index in [0.29, 0.717) is 12.2 Å². The van der Waals surface area contributed by atoms with Crippen molar-refractivity contribution in [3.8, 4) is 6.07 Å². The van der Waals surface area contributed by atoms with Crippen molar-refractivity contribution in [3.63, 3.8) is 0 Å². The zero-order valence-electron chi connectivity index (χ0n) is 16.1. The minimum absolute atomic E-state index is 0.0511. The van der Waals surface area contributed by atoms with Crippen LogP contribution in [0.2, 0.25) is 0 Å². The zero-order chi connectivity index (χ0) is 20.5. The Balaban J connectivity index is 1.81. The molecule has 0 saturated heterocycles. The number of amides is 1. The van der Waals surface area contributed by atoms with Gasteiger partial charge in [0, 0.05) is 28.2 Å². The first kappa shape index (κ1) is 20.2. The number of benzene rings is 3. The molecule has 0 spiro atoms. The molecule has 0 radical (unpaired) electrons. The molecule has 0 fully saturated rings. The fourth-order valence-electron chi connectivity index (χ4n) is 2.73. The molecule has 4 nitrogen and oxygen atoms in total. The molecule has 0 bridgehead atoms. The first-order valence-corrected chi connectivity index (χ1v) is 10.1. The molecule has 0 unspecified atom stereocenters. The summed E-state index contributed by atoms with van der Waals surface area (Å²) in [6.07, 6.45) is 1.59. The van der Waals surface area contributed by atoms with Gasteiger partial charge in [0.1, 0.15) is 11.6 Å². The molecule has 29 heavy (non-hydrogen) atoms. The van der Waals surface area contributed by atoms with Gasteiger partial charge in [-0.15, -0.1) is 0 Å². The van der Waals surface area contributed by atoms with E-state index in [1.165, 1.54) is 0 Å². The standard InChI is InChI=1S/C24H21N3OS/c1-2-27(20-11-5-3-6-12-20)18-19(17-25)24(28)26-22-15-9-10-16-23(22)29-21-13-7-4-8-14-21/h3-16,18H,2H2,1H3,(H,26,28)/b19-18-. The van der Waals surface area contributed by atoms with Gasteiger partial charge in [-0.25, -0.2) is 0 Å². The summed E-state index contributed by atoms with van der Waals surface area (Å²) in [5.41, 5.74) is 1.65. The van der Waals surface area contributed by atoms with Crippen molar-refractivity contribution < 1.29 is 4.79 Å². The van der Waals surface area contributed by atoms with Crippen molar-refractivity contribution in [2.75, 3.05) is 16.8 Å². The fraction of sp³-hybridized carbons (Fsp3) is 0.0833. The SMILES string of the molecule is CCN(/C=C(/C#N)C(=O)Nc1ccccc1Sc1ccccc1)c1ccccc1. The van der Waals surface area contributed by atoms with E-state index in [2.05, 4.69) is 5.32 Å². The molecule has 3 aromatic rings. The van der Waals surface area contributed by atoms with E-state index >= 15 is 0 Å². The summed E-state index contributed by atoms with van der Waals surface area (Å²) in [7, 11) is 0. The van der Waals surface area contributed by atoms with Gasteiger partial charge in [-0.2, -0.15) is 5.26 Å². The molecule has 0 aliphatic heterocycles. The van der Waals surface area contributed by atoms with Gasteiger partial charge in [0.15, 0.2) is 0 Å². The van der Waals surface area contributed by atoms with Crippen LogP contribution in [0, 0.1) is 11.3 Å². The number of hydrogen-bond acceptors (Lipinski definition) is 4. The Kier molecular flexibility index (Phi) is 7.10. The number of carbonyl (C=O) groups excluding carboxylic acids is 1. The number of para-hydroxylation sites is 2. The van der Waals surface area contributed by atoms with E-state index in [1.54, 1.807) is 18.0 Å². The molecule has 5 heteroatoms. The van der Waals surface area contributed by atoms with Gasteiger partial charge in [0.2, 0.25) is 0 Å². The van der Waals surface area contributed by atoms with Gasteiger partial charge in [-0.1, -0.05) is 60.3 Å². The van der Waals surface area contributed by atoms with E-state index in [1.807, 2.05) is 103 Å². The summed E-state index contributed by atoms with van der Waals surface area (Å²) in [6, 6.07) is 29.2. The Morgan fingerprint density at radius 2 is 1.62 bits per heavy atom. The first-order chi connectivity index (χ1) is 14.2. The minimum atomic E-state index is -0.428. The van der Waals surface area contributed by atoms with Crippen molar-refractivity contribution in [2.24, 2.45) is 0 Å². The molecule has 0 aliphatic carbocycles. The second-order valence-electron chi connectivity index (χ2n) is 6.14. The first-order valence-electron chi connectivity index (χ1n) is 9.28. The van der Waals surface area contributed by atoms with Gasteiger partial charge in [0.25, 0.3) is 5.91 Å². The highest BCUT2D eigenvalue weighted by Crippen LogP contribution is 2.33. The van der Waals surface area contributed by atoms with Crippen LogP contribution in [0.5, 0.6) is 0 Å². The number of anilines is 2. The monoisotopic (exact) mass is 399 g/mol. The molecule has 0 aromatic heterocycles. The highest BCUT2D eigenvalue weighted by molar-refractivity contribution is 7.99. The molecule has 0 heterocycles. The topological polar surface area (TPSA) is 56.1 Å². The third-order valence-corrected chi connectivity index (χ3v) is 5.27. The summed E-state index contributed by atoms with van der Waals surface area (Å²) in [6.45, 7) is 2.62. The van der Waals surface area contributed by atoms with Crippen molar-refractivity contribution in [1.29, 1.82) is 5.26 Å². The maximum absolute atomic E-state index is 12.8. The van der Waals surface area contributed by atoms with Crippen molar-refractivity contribution >= 4 is 29.0 Å². The third-order valence-electron chi connectivity index (χ3n) is 4.18. The highest BCUT2D eigenvalue weighted by atomic mass is 32.2. The number of rotatable bonds is 7. The van der Waals surface area contributed by atoms with Gasteiger partial charge in [-0.05, 0) is 43.3 Å². The third kappa shape index (κ3) is 5.50. The average molecular weight is 400 g/mol. The summed E-state index contributed by atoms with van der Waals surface area (Å²) in [4.78, 5) is 16.7. The van der Waals surface area contributed by atoms with Gasteiger partial charge < -0.3 is 10.2 Å². The zero-order valence-corrected chi connectivity index (χ0v) is 16.9. The molecule has 3 rings (SSSR count). The van der Waals surface area contributed by atoms with E-state index in [9.17, 15) is 10.1 Å². The molecular formula is C24H21N3OS. The van der Waals surface area contributed by atoms with Crippen LogP contribution in [0.15, 0.2) is 106 Å². The molecule has 1 amide bonds. The van der Waals surface area contributed by atoms with Gasteiger partial charge in [-0.3, -0.25) is 4.79 Å². The fourth-order valence-corrected chi connectivity index (χ4v) is 3.65. The summed E-state index contributed by atoms with van der Waals surface area (Å²) in [5.74, 6) is -0.428. The molecule has 3 aromatic carbocycles. The molecule has 0 aliphatic rings. The lowest BCUT2D eigenvalue weighted by Crippen LogP contribution is -2.20. The smallest absolute Gasteiger partial charge is 0.267 e. The van der Waals surface area contributed by atoms with Crippen molar-refractivity contribution in [3.05, 3.63) is 96.7 Å². The van der Waals surface area contributed by atoms with Crippen LogP contribution in [0.3, 0.4) is 0 Å². The number of nitrogens with one attached hydrogen (secondary N) is 1. The van der Waals surface area contributed by atoms with Gasteiger partial charge in [0.05, 0.1) is 5.69 Å². The Morgan fingerprint density at radius 3 is 2.28 bits per heavy atom. The Morgan fingerprint density at radius 1 is 1.00 bits per heavy atom. The normalized spacial score (nSPS) is 10.8. The predicted octanol–water partition coefficient (Wildman–Crippen LogP) is 5.71. The van der Waals surface area contributed by atoms with Crippen LogP contribution >= 0.6 is 11.8 Å². The van der Waals surface area contributed by atoms with Crippen LogP contribution < -0.4 is 10.2 Å². The summed E-state index contributed by atoms with van der Waals surface area (Å²) < 4.78 is 0. The van der Waals surface area contributed by atoms with Gasteiger partial charge >= 0.3 is 0 Å². The van der Waals surface area contributed by atoms with Crippen molar-refractivity contribution in [2.45, 2.75) is 16.7 Å². The second kappa shape index (κ2) is 10.2. The molecule has 144 valence electrons. The highest BCUT2D eigenvalue weighted by Gasteiger charge is 2.14. The molecule has 0 atom stereocenters. The minimum Gasteiger partial charge on any atom is -0.347 e. The van der Waals surface area contributed by atoms with Crippen LogP contribution in [0.4, 0.5) is 11.4 Å². The summed E-state index contributed by atoms with van der Waals surface area (Å²) in [5, 5.41) is 12.4. The average Bonchev–Trinajstić information content (AvgIpc) is 2.77. The lowest BCUT2D eigenvalue weighted by atomic mass is 10.2. The number of hydrogen-bond donors (Lipinski definition) is 1. The van der Waals surface area contributed by atoms with Crippen LogP contribution in [0.25, 0.3) is 0 Å². The van der Waals surface area contributed by atoms with E-state index in [4.69, 9.17) is 0 Å². The summed E-state index contributed by atoms with van der Waals surface area (Å²) >= 11 is 1.56. The quantitative estimate of drug-likeness (QED) is 0.408. The lowest BCUT2D eigenvalue weighted by molar-refractivity contribution is -0.112. The Bertz CT molecular complexity index is 1030. The van der Waals surface area contributed by atoms with E-state index in [-0.39, 0.29) is 5.57 Å². The predicted molar refractivity (Wildman–Crippen MR) is 119 cm³/mol. The van der Waals surface area contributed by atoms with E-state index < -0.39 is 5.91 Å². The van der Waals surface area contributed by atoms with Crippen LogP contribution in [-0.2, 0) is 4.79 Å². The maximum atomic E-state index is 12.8. The molecule has 0 saturated carbocycles. The lowest BCUT2D eigenvalue weighted by Gasteiger charge is -2.19. The molecule has 1 N–H and O–H groups in total. The Hall–Kier alpha value is -3.49. The number of nitriles is 1. The van der Waals surface area contributed by atoms with Crippen molar-refractivity contribution in [1.82, 2.24) is 0 Å². The van der Waals surface area contributed by atoms with Crippen LogP contribution in [0.1, 0.15) is 6.92 Å². The number of nitrogens with zero attached hydrogens (tertiary/aromatic N) is 2.